The molecule has 0 saturated carbocycles. The molecule has 0 aliphatic heterocycles. The first-order valence-corrected chi connectivity index (χ1v) is 6.61. The molecule has 0 saturated heterocycles. The van der Waals surface area contributed by atoms with E-state index in [0.29, 0.717) is 12.4 Å². The second-order valence-corrected chi connectivity index (χ2v) is 4.24. The van der Waals surface area contributed by atoms with Crippen LogP contribution in [0.4, 0.5) is 5.88 Å². The highest BCUT2D eigenvalue weighted by Gasteiger charge is 2.14. The molecule has 0 radical (unpaired) electrons. The Labute approximate surface area is 121 Å². The molecule has 21 heavy (non-hydrogen) atoms. The number of aromatic nitrogens is 2. The Balaban J connectivity index is 1.90. The predicted molar refractivity (Wildman–Crippen MR) is 75.0 cm³/mol. The van der Waals surface area contributed by atoms with Crippen LogP contribution in [0, 0.1) is 10.1 Å². The Hall–Kier alpha value is -2.48. The van der Waals surface area contributed by atoms with Crippen LogP contribution in [0.2, 0.25) is 0 Å². The fourth-order valence-corrected chi connectivity index (χ4v) is 1.61. The van der Waals surface area contributed by atoms with Crippen LogP contribution in [0.1, 0.15) is 13.3 Å². The van der Waals surface area contributed by atoms with E-state index in [1.54, 1.807) is 0 Å². The van der Waals surface area contributed by atoms with Gasteiger partial charge in [-0.1, -0.05) is 6.92 Å². The van der Waals surface area contributed by atoms with E-state index in [1.165, 1.54) is 24.5 Å². The third kappa shape index (κ3) is 4.25. The minimum atomic E-state index is -0.607. The standard InChI is InChI=1S/C13H16N4O4/c1-2-5-14-6-7-20-10-8-15-13(16-9-10)11-3-4-12(21-11)17(18)19/h3-4,8-9,14H,2,5-7H2,1H3. The second-order valence-electron chi connectivity index (χ2n) is 4.24. The predicted octanol–water partition coefficient (Wildman–Crippen LogP) is 2.02. The van der Waals surface area contributed by atoms with E-state index >= 15 is 0 Å². The van der Waals surface area contributed by atoms with Gasteiger partial charge in [0, 0.05) is 6.54 Å². The average molecular weight is 292 g/mol. The molecule has 0 aliphatic carbocycles. The van der Waals surface area contributed by atoms with Gasteiger partial charge in [-0.15, -0.1) is 0 Å². The third-order valence-electron chi connectivity index (χ3n) is 2.59. The van der Waals surface area contributed by atoms with E-state index in [1.807, 2.05) is 0 Å². The number of hydrogen-bond acceptors (Lipinski definition) is 7. The molecule has 0 amide bonds. The molecular formula is C13H16N4O4. The molecule has 112 valence electrons. The molecule has 8 heteroatoms. The molecule has 0 fully saturated rings. The summed E-state index contributed by atoms with van der Waals surface area (Å²) < 4.78 is 10.5. The molecule has 0 atom stereocenters. The molecule has 2 heterocycles. The van der Waals surface area contributed by atoms with Crippen molar-refractivity contribution in [1.82, 2.24) is 15.3 Å². The largest absolute Gasteiger partial charge is 0.489 e. The first-order chi connectivity index (χ1) is 10.2. The lowest BCUT2D eigenvalue weighted by Crippen LogP contribution is -2.21. The average Bonchev–Trinajstić information content (AvgIpc) is 2.98. The van der Waals surface area contributed by atoms with Crippen molar-refractivity contribution in [3.8, 4) is 17.3 Å². The summed E-state index contributed by atoms with van der Waals surface area (Å²) in [5, 5.41) is 13.7. The summed E-state index contributed by atoms with van der Waals surface area (Å²) in [7, 11) is 0. The highest BCUT2D eigenvalue weighted by Crippen LogP contribution is 2.23. The zero-order chi connectivity index (χ0) is 15.1. The minimum absolute atomic E-state index is 0.248. The molecule has 0 spiro atoms. The van der Waals surface area contributed by atoms with E-state index in [-0.39, 0.29) is 17.5 Å². The van der Waals surface area contributed by atoms with Crippen LogP contribution in [-0.4, -0.2) is 34.6 Å². The van der Waals surface area contributed by atoms with Gasteiger partial charge in [0.2, 0.25) is 0 Å². The van der Waals surface area contributed by atoms with Crippen molar-refractivity contribution >= 4 is 5.88 Å². The van der Waals surface area contributed by atoms with Crippen LogP contribution in [0.3, 0.4) is 0 Å². The molecule has 1 N–H and O–H groups in total. The number of nitrogens with zero attached hydrogens (tertiary/aromatic N) is 3. The number of ether oxygens (including phenoxy) is 1. The van der Waals surface area contributed by atoms with Crippen LogP contribution in [-0.2, 0) is 0 Å². The summed E-state index contributed by atoms with van der Waals surface area (Å²) in [6.07, 6.45) is 4.10. The van der Waals surface area contributed by atoms with Crippen LogP contribution in [0.5, 0.6) is 5.75 Å². The van der Waals surface area contributed by atoms with Crippen molar-refractivity contribution in [3.05, 3.63) is 34.6 Å². The van der Waals surface area contributed by atoms with E-state index < -0.39 is 4.92 Å². The fourth-order valence-electron chi connectivity index (χ4n) is 1.61. The normalized spacial score (nSPS) is 10.5. The summed E-state index contributed by atoms with van der Waals surface area (Å²) in [4.78, 5) is 18.1. The number of hydrogen-bond donors (Lipinski definition) is 1. The Morgan fingerprint density at radius 3 is 2.71 bits per heavy atom. The molecule has 0 unspecified atom stereocenters. The number of nitrogens with one attached hydrogen (secondary N) is 1. The van der Waals surface area contributed by atoms with Crippen LogP contribution >= 0.6 is 0 Å². The van der Waals surface area contributed by atoms with Crippen molar-refractivity contribution < 1.29 is 14.1 Å². The molecule has 0 aromatic carbocycles. The third-order valence-corrected chi connectivity index (χ3v) is 2.59. The van der Waals surface area contributed by atoms with Crippen molar-refractivity contribution in [2.24, 2.45) is 0 Å². The van der Waals surface area contributed by atoms with Gasteiger partial charge < -0.3 is 14.5 Å². The zero-order valence-electron chi connectivity index (χ0n) is 11.6. The number of rotatable bonds is 8. The van der Waals surface area contributed by atoms with Gasteiger partial charge in [0.15, 0.2) is 17.3 Å². The topological polar surface area (TPSA) is 103 Å². The molecule has 0 bridgehead atoms. The molecular weight excluding hydrogens is 276 g/mol. The quantitative estimate of drug-likeness (QED) is 0.451. The highest BCUT2D eigenvalue weighted by atomic mass is 16.6. The first-order valence-electron chi connectivity index (χ1n) is 6.61. The number of furan rings is 1. The lowest BCUT2D eigenvalue weighted by molar-refractivity contribution is -0.401. The van der Waals surface area contributed by atoms with Crippen LogP contribution in [0.15, 0.2) is 28.9 Å². The maximum Gasteiger partial charge on any atom is 0.433 e. The van der Waals surface area contributed by atoms with Crippen molar-refractivity contribution in [1.29, 1.82) is 0 Å². The monoisotopic (exact) mass is 292 g/mol. The van der Waals surface area contributed by atoms with Gasteiger partial charge >= 0.3 is 5.88 Å². The highest BCUT2D eigenvalue weighted by molar-refractivity contribution is 5.48. The van der Waals surface area contributed by atoms with Gasteiger partial charge in [-0.3, -0.25) is 10.1 Å². The molecule has 8 nitrogen and oxygen atoms in total. The Bertz CT molecular complexity index is 582. The Morgan fingerprint density at radius 1 is 1.33 bits per heavy atom. The molecule has 2 rings (SSSR count). The van der Waals surface area contributed by atoms with E-state index in [9.17, 15) is 10.1 Å². The smallest absolute Gasteiger partial charge is 0.433 e. The van der Waals surface area contributed by atoms with E-state index in [2.05, 4.69) is 22.2 Å². The molecule has 2 aromatic rings. The minimum Gasteiger partial charge on any atom is -0.489 e. The summed E-state index contributed by atoms with van der Waals surface area (Å²) in [6, 6.07) is 2.73. The summed E-state index contributed by atoms with van der Waals surface area (Å²) in [5.41, 5.74) is 0. The maximum absolute atomic E-state index is 10.5. The lowest BCUT2D eigenvalue weighted by Gasteiger charge is -2.06. The summed E-state index contributed by atoms with van der Waals surface area (Å²) in [6.45, 7) is 4.32. The van der Waals surface area contributed by atoms with E-state index in [0.717, 1.165) is 19.5 Å². The maximum atomic E-state index is 10.5. The lowest BCUT2D eigenvalue weighted by atomic mass is 10.4. The van der Waals surface area contributed by atoms with Gasteiger partial charge in [-0.05, 0) is 19.0 Å². The van der Waals surface area contributed by atoms with Crippen LogP contribution < -0.4 is 10.1 Å². The second kappa shape index (κ2) is 7.34. The zero-order valence-corrected chi connectivity index (χ0v) is 11.6. The van der Waals surface area contributed by atoms with E-state index in [4.69, 9.17) is 9.15 Å². The SMILES string of the molecule is CCCNCCOc1cnc(-c2ccc([N+](=O)[O-])o2)nc1. The van der Waals surface area contributed by atoms with Gasteiger partial charge in [-0.2, -0.15) is 0 Å². The van der Waals surface area contributed by atoms with Gasteiger partial charge in [0.25, 0.3) is 0 Å². The van der Waals surface area contributed by atoms with Crippen molar-refractivity contribution in [3.63, 3.8) is 0 Å². The Kier molecular flexibility index (Phi) is 5.22. The van der Waals surface area contributed by atoms with Gasteiger partial charge in [0.05, 0.1) is 18.5 Å². The summed E-state index contributed by atoms with van der Waals surface area (Å²) in [5.74, 6) is 0.728. The number of nitro groups is 1. The summed E-state index contributed by atoms with van der Waals surface area (Å²) >= 11 is 0. The van der Waals surface area contributed by atoms with Crippen molar-refractivity contribution in [2.75, 3.05) is 19.7 Å². The first kappa shape index (κ1) is 14.9. The van der Waals surface area contributed by atoms with Gasteiger partial charge in [0.1, 0.15) is 11.5 Å². The van der Waals surface area contributed by atoms with Gasteiger partial charge in [-0.25, -0.2) is 9.97 Å². The van der Waals surface area contributed by atoms with Crippen LogP contribution in [0.25, 0.3) is 11.6 Å². The van der Waals surface area contributed by atoms with Crippen molar-refractivity contribution in [2.45, 2.75) is 13.3 Å². The molecule has 2 aromatic heterocycles. The fraction of sp³-hybridized carbons (Fsp3) is 0.385. The molecule has 0 aliphatic rings. The Morgan fingerprint density at radius 2 is 2.10 bits per heavy atom.